The van der Waals surface area contributed by atoms with Crippen LogP contribution in [0.1, 0.15) is 66.6 Å². The third-order valence-corrected chi connectivity index (χ3v) is 5.43. The molecule has 0 saturated carbocycles. The van der Waals surface area contributed by atoms with Crippen molar-refractivity contribution < 1.29 is 17.4 Å². The van der Waals surface area contributed by atoms with Crippen LogP contribution in [-0.2, 0) is 16.7 Å². The van der Waals surface area contributed by atoms with Gasteiger partial charge in [0.05, 0.1) is 0 Å². The first kappa shape index (κ1) is 22.7. The number of Topliss-reactive ketones (excluding diaryl/α,β-unsaturated/α-hetero) is 1. The topological polar surface area (TPSA) is 86.5 Å². The minimum absolute atomic E-state index is 0.0198. The monoisotopic (exact) mass is 443 g/mol. The van der Waals surface area contributed by atoms with E-state index in [0.717, 1.165) is 0 Å². The Morgan fingerprint density at radius 3 is 2.07 bits per heavy atom. The Kier molecular flexibility index (Phi) is 7.15. The normalized spacial score (nSPS) is 11.9. The van der Waals surface area contributed by atoms with E-state index in [4.69, 9.17) is 32.5 Å². The summed E-state index contributed by atoms with van der Waals surface area (Å²) in [6, 6.07) is 8.41. The van der Waals surface area contributed by atoms with Gasteiger partial charge in [0.15, 0.2) is 11.5 Å². The summed E-state index contributed by atoms with van der Waals surface area (Å²) < 4.78 is 28.4. The SMILES string of the molecule is CC(C)c1ccc(C(=O)Cc2c(Cl)cccc2Cl)c(C(C)C)c1OS(N)(=O)=O. The molecule has 0 unspecified atom stereocenters. The van der Waals surface area contributed by atoms with Crippen molar-refractivity contribution in [1.82, 2.24) is 0 Å². The highest BCUT2D eigenvalue weighted by Gasteiger charge is 2.26. The largest absolute Gasteiger partial charge is 0.380 e. The van der Waals surface area contributed by atoms with Gasteiger partial charge in [-0.1, -0.05) is 69.1 Å². The summed E-state index contributed by atoms with van der Waals surface area (Å²) in [5, 5.41) is 5.92. The third-order valence-electron chi connectivity index (χ3n) is 4.32. The molecule has 2 aromatic rings. The summed E-state index contributed by atoms with van der Waals surface area (Å²) >= 11 is 12.4. The Labute approximate surface area is 176 Å². The maximum atomic E-state index is 13.1. The average Bonchev–Trinajstić information content (AvgIpc) is 2.55. The van der Waals surface area contributed by atoms with Crippen molar-refractivity contribution in [3.8, 4) is 5.75 Å². The van der Waals surface area contributed by atoms with Crippen LogP contribution in [0.25, 0.3) is 0 Å². The summed E-state index contributed by atoms with van der Waals surface area (Å²) in [5.41, 5.74) is 2.03. The number of hydrogen-bond acceptors (Lipinski definition) is 4. The second-order valence-electron chi connectivity index (χ2n) is 7.13. The molecule has 8 heteroatoms. The van der Waals surface area contributed by atoms with Crippen molar-refractivity contribution in [3.63, 3.8) is 0 Å². The van der Waals surface area contributed by atoms with Crippen LogP contribution in [0.5, 0.6) is 5.75 Å². The standard InChI is InChI=1S/C20H23Cl2NO4S/c1-11(2)13-8-9-14(19(12(3)4)20(13)27-28(23,25)26)18(24)10-15-16(21)6-5-7-17(15)22/h5-9,11-12H,10H2,1-4H3,(H2,23,25,26). The van der Waals surface area contributed by atoms with Crippen LogP contribution >= 0.6 is 23.2 Å². The van der Waals surface area contributed by atoms with Crippen LogP contribution < -0.4 is 9.32 Å². The van der Waals surface area contributed by atoms with Gasteiger partial charge in [-0.2, -0.15) is 13.6 Å². The van der Waals surface area contributed by atoms with Crippen molar-refractivity contribution in [2.24, 2.45) is 5.14 Å². The van der Waals surface area contributed by atoms with Crippen molar-refractivity contribution in [1.29, 1.82) is 0 Å². The molecule has 0 radical (unpaired) electrons. The molecule has 0 bridgehead atoms. The molecule has 0 aliphatic rings. The van der Waals surface area contributed by atoms with Crippen LogP contribution in [0.4, 0.5) is 0 Å². The smallest absolute Gasteiger partial charge is 0.370 e. The van der Waals surface area contributed by atoms with E-state index in [9.17, 15) is 13.2 Å². The lowest BCUT2D eigenvalue weighted by molar-refractivity contribution is 0.0991. The zero-order valence-corrected chi connectivity index (χ0v) is 18.5. The predicted molar refractivity (Wildman–Crippen MR) is 113 cm³/mol. The molecular formula is C20H23Cl2NO4S. The number of nitrogens with two attached hydrogens (primary N) is 1. The summed E-state index contributed by atoms with van der Waals surface area (Å²) in [4.78, 5) is 13.1. The number of benzene rings is 2. The van der Waals surface area contributed by atoms with Crippen molar-refractivity contribution in [2.45, 2.75) is 46.0 Å². The van der Waals surface area contributed by atoms with Gasteiger partial charge < -0.3 is 4.18 Å². The lowest BCUT2D eigenvalue weighted by Gasteiger charge is -2.21. The number of carbonyl (C=O) groups is 1. The molecule has 0 spiro atoms. The van der Waals surface area contributed by atoms with Crippen LogP contribution in [0, 0.1) is 0 Å². The molecule has 0 aliphatic carbocycles. The molecule has 2 aromatic carbocycles. The molecular weight excluding hydrogens is 421 g/mol. The zero-order valence-electron chi connectivity index (χ0n) is 16.1. The van der Waals surface area contributed by atoms with Gasteiger partial charge in [-0.25, -0.2) is 0 Å². The van der Waals surface area contributed by atoms with Gasteiger partial charge in [-0.05, 0) is 35.1 Å². The molecule has 0 aromatic heterocycles. The van der Waals surface area contributed by atoms with Gasteiger partial charge >= 0.3 is 10.3 Å². The highest BCUT2D eigenvalue weighted by atomic mass is 35.5. The van der Waals surface area contributed by atoms with E-state index in [1.165, 1.54) is 0 Å². The Bertz CT molecular complexity index is 981. The number of carbonyl (C=O) groups excluding carboxylic acids is 1. The van der Waals surface area contributed by atoms with E-state index in [-0.39, 0.29) is 29.8 Å². The fourth-order valence-electron chi connectivity index (χ4n) is 3.05. The van der Waals surface area contributed by atoms with E-state index in [1.807, 2.05) is 27.7 Å². The lowest BCUT2D eigenvalue weighted by atomic mass is 9.87. The van der Waals surface area contributed by atoms with Crippen LogP contribution in [0.3, 0.4) is 0 Å². The maximum Gasteiger partial charge on any atom is 0.380 e. The molecule has 0 amide bonds. The van der Waals surface area contributed by atoms with Crippen molar-refractivity contribution in [3.05, 3.63) is 62.6 Å². The highest BCUT2D eigenvalue weighted by molar-refractivity contribution is 7.84. The van der Waals surface area contributed by atoms with E-state index >= 15 is 0 Å². The maximum absolute atomic E-state index is 13.1. The Hall–Kier alpha value is -1.60. The lowest BCUT2D eigenvalue weighted by Crippen LogP contribution is -2.22. The van der Waals surface area contributed by atoms with E-state index in [0.29, 0.717) is 32.3 Å². The molecule has 0 atom stereocenters. The molecule has 5 nitrogen and oxygen atoms in total. The van der Waals surface area contributed by atoms with Crippen LogP contribution in [-0.4, -0.2) is 14.2 Å². The Balaban J connectivity index is 2.63. The second kappa shape index (κ2) is 8.82. The molecule has 0 heterocycles. The zero-order chi connectivity index (χ0) is 21.2. The number of rotatable bonds is 7. The van der Waals surface area contributed by atoms with Crippen LogP contribution in [0.2, 0.25) is 10.0 Å². The summed E-state index contributed by atoms with van der Waals surface area (Å²) in [7, 11) is -4.26. The van der Waals surface area contributed by atoms with Gasteiger partial charge in [0.1, 0.15) is 0 Å². The van der Waals surface area contributed by atoms with Crippen molar-refractivity contribution in [2.75, 3.05) is 0 Å². The number of hydrogen-bond donors (Lipinski definition) is 1. The summed E-state index contributed by atoms with van der Waals surface area (Å²) in [6.07, 6.45) is -0.0198. The molecule has 0 saturated heterocycles. The van der Waals surface area contributed by atoms with E-state index in [1.54, 1.807) is 30.3 Å². The highest BCUT2D eigenvalue weighted by Crippen LogP contribution is 2.38. The van der Waals surface area contributed by atoms with Gasteiger partial charge in [-0.15, -0.1) is 0 Å². The molecule has 2 rings (SSSR count). The molecule has 0 fully saturated rings. The summed E-state index contributed by atoms with van der Waals surface area (Å²) in [6.45, 7) is 7.52. The third kappa shape index (κ3) is 5.26. The minimum Gasteiger partial charge on any atom is -0.370 e. The molecule has 152 valence electrons. The molecule has 0 aliphatic heterocycles. The fraction of sp³-hybridized carbons (Fsp3) is 0.350. The fourth-order valence-corrected chi connectivity index (χ4v) is 4.00. The van der Waals surface area contributed by atoms with E-state index in [2.05, 4.69) is 0 Å². The van der Waals surface area contributed by atoms with Gasteiger partial charge in [0.2, 0.25) is 0 Å². The first-order valence-corrected chi connectivity index (χ1v) is 11.0. The summed E-state index contributed by atoms with van der Waals surface area (Å²) in [5.74, 6) is -0.343. The number of ketones is 1. The van der Waals surface area contributed by atoms with Crippen molar-refractivity contribution >= 4 is 39.3 Å². The van der Waals surface area contributed by atoms with Crippen LogP contribution in [0.15, 0.2) is 30.3 Å². The first-order valence-electron chi connectivity index (χ1n) is 8.77. The Morgan fingerprint density at radius 2 is 1.61 bits per heavy atom. The van der Waals surface area contributed by atoms with E-state index < -0.39 is 10.3 Å². The predicted octanol–water partition coefficient (Wildman–Crippen LogP) is 5.25. The van der Waals surface area contributed by atoms with Gasteiger partial charge in [0.25, 0.3) is 0 Å². The average molecular weight is 444 g/mol. The minimum atomic E-state index is -4.26. The first-order chi connectivity index (χ1) is 12.9. The second-order valence-corrected chi connectivity index (χ2v) is 9.10. The molecule has 2 N–H and O–H groups in total. The van der Waals surface area contributed by atoms with Gasteiger partial charge in [-0.3, -0.25) is 4.79 Å². The van der Waals surface area contributed by atoms with Gasteiger partial charge in [0, 0.05) is 27.6 Å². The number of halogens is 2. The Morgan fingerprint density at radius 1 is 1.04 bits per heavy atom. The molecule has 28 heavy (non-hydrogen) atoms. The quantitative estimate of drug-likeness (QED) is 0.591.